The molecule has 2 atom stereocenters. The molecule has 2 amide bonds. The maximum absolute atomic E-state index is 12.7. The van der Waals surface area contributed by atoms with Crippen LogP contribution in [0.3, 0.4) is 0 Å². The van der Waals surface area contributed by atoms with Gasteiger partial charge in [0.1, 0.15) is 5.75 Å². The van der Waals surface area contributed by atoms with Crippen molar-refractivity contribution in [3.05, 3.63) is 65.7 Å². The van der Waals surface area contributed by atoms with E-state index in [-0.39, 0.29) is 12.5 Å². The minimum Gasteiger partial charge on any atom is -0.484 e. The van der Waals surface area contributed by atoms with Crippen LogP contribution in [-0.4, -0.2) is 59.9 Å². The summed E-state index contributed by atoms with van der Waals surface area (Å²) in [7, 11) is 0. The van der Waals surface area contributed by atoms with Gasteiger partial charge in [0.25, 0.3) is 5.91 Å². The summed E-state index contributed by atoms with van der Waals surface area (Å²) in [4.78, 5) is 28.5. The van der Waals surface area contributed by atoms with E-state index in [0.29, 0.717) is 30.9 Å². The lowest BCUT2D eigenvalue weighted by Gasteiger charge is -2.34. The van der Waals surface area contributed by atoms with Crippen LogP contribution in [0.25, 0.3) is 0 Å². The molecular weight excluding hydrogens is 416 g/mol. The van der Waals surface area contributed by atoms with Gasteiger partial charge >= 0.3 is 0 Å². The largest absolute Gasteiger partial charge is 0.484 e. The Balaban J connectivity index is 1.26. The van der Waals surface area contributed by atoms with E-state index in [1.54, 1.807) is 12.1 Å². The third kappa shape index (κ3) is 6.55. The molecule has 0 aromatic heterocycles. The fourth-order valence-corrected chi connectivity index (χ4v) is 5.08. The second kappa shape index (κ2) is 11.3. The van der Waals surface area contributed by atoms with Crippen LogP contribution in [0.5, 0.6) is 5.75 Å². The van der Waals surface area contributed by atoms with Gasteiger partial charge in [0.15, 0.2) is 6.61 Å². The summed E-state index contributed by atoms with van der Waals surface area (Å²) in [6.45, 7) is 3.88. The number of primary amides is 1. The van der Waals surface area contributed by atoms with Gasteiger partial charge in [-0.1, -0.05) is 42.5 Å². The van der Waals surface area contributed by atoms with E-state index in [0.717, 1.165) is 38.0 Å². The topological polar surface area (TPSA) is 87.9 Å². The summed E-state index contributed by atoms with van der Waals surface area (Å²) in [5.41, 5.74) is 7.43. The Kier molecular flexibility index (Phi) is 7.96. The number of hydrogen-bond donors (Lipinski definition) is 2. The maximum Gasteiger partial charge on any atom is 0.255 e. The van der Waals surface area contributed by atoms with E-state index in [1.807, 2.05) is 12.1 Å². The molecule has 33 heavy (non-hydrogen) atoms. The fourth-order valence-electron chi connectivity index (χ4n) is 5.08. The molecule has 2 aromatic rings. The van der Waals surface area contributed by atoms with Crippen molar-refractivity contribution in [3.63, 3.8) is 0 Å². The van der Waals surface area contributed by atoms with Crippen LogP contribution >= 0.6 is 0 Å². The number of hydrogen-bond acceptors (Lipinski definition) is 5. The van der Waals surface area contributed by atoms with Gasteiger partial charge in [-0.25, -0.2) is 0 Å². The van der Waals surface area contributed by atoms with E-state index in [2.05, 4.69) is 45.4 Å². The minimum atomic E-state index is -0.507. The lowest BCUT2D eigenvalue weighted by molar-refractivity contribution is -0.123. The van der Waals surface area contributed by atoms with Crippen LogP contribution < -0.4 is 15.8 Å². The monoisotopic (exact) mass is 450 g/mol. The van der Waals surface area contributed by atoms with Gasteiger partial charge in [-0.3, -0.25) is 19.4 Å². The first-order valence-electron chi connectivity index (χ1n) is 11.9. The molecule has 2 aliphatic heterocycles. The molecule has 0 spiro atoms. The van der Waals surface area contributed by atoms with Crippen molar-refractivity contribution in [2.45, 2.75) is 50.9 Å². The molecule has 2 heterocycles. The van der Waals surface area contributed by atoms with Crippen molar-refractivity contribution < 1.29 is 14.3 Å². The maximum atomic E-state index is 12.7. The molecule has 3 N–H and O–H groups in total. The zero-order valence-electron chi connectivity index (χ0n) is 19.1. The van der Waals surface area contributed by atoms with E-state index in [9.17, 15) is 9.59 Å². The fraction of sp³-hybridized carbons (Fsp3) is 0.462. The molecule has 176 valence electrons. The number of nitrogens with one attached hydrogen (secondary N) is 1. The first-order valence-corrected chi connectivity index (χ1v) is 11.9. The molecule has 2 aliphatic rings. The molecule has 4 rings (SSSR count). The molecule has 0 saturated carbocycles. The van der Waals surface area contributed by atoms with Gasteiger partial charge < -0.3 is 15.8 Å². The highest BCUT2D eigenvalue weighted by Gasteiger charge is 2.38. The summed E-state index contributed by atoms with van der Waals surface area (Å²) < 4.78 is 5.27. The van der Waals surface area contributed by atoms with Gasteiger partial charge in [0.2, 0.25) is 5.91 Å². The number of nitrogens with two attached hydrogens (primary N) is 1. The van der Waals surface area contributed by atoms with Gasteiger partial charge in [-0.05, 0) is 62.0 Å². The van der Waals surface area contributed by atoms with Gasteiger partial charge in [0, 0.05) is 25.2 Å². The average molecular weight is 451 g/mol. The van der Waals surface area contributed by atoms with Crippen molar-refractivity contribution in [2.24, 2.45) is 5.73 Å². The van der Waals surface area contributed by atoms with Crippen molar-refractivity contribution in [3.8, 4) is 5.75 Å². The molecule has 0 radical (unpaired) electrons. The number of carbonyl (C=O) groups excluding carboxylic acids is 2. The molecule has 7 nitrogen and oxygen atoms in total. The molecular formula is C26H34N4O3. The summed E-state index contributed by atoms with van der Waals surface area (Å²) in [5.74, 6) is 0.135. The molecule has 2 fully saturated rings. The second-order valence-electron chi connectivity index (χ2n) is 9.02. The Labute approximate surface area is 195 Å². The Morgan fingerprint density at radius 1 is 0.909 bits per heavy atom. The van der Waals surface area contributed by atoms with Gasteiger partial charge in [-0.2, -0.15) is 0 Å². The number of benzene rings is 2. The summed E-state index contributed by atoms with van der Waals surface area (Å²) >= 11 is 0. The first-order chi connectivity index (χ1) is 16.1. The molecule has 0 aliphatic carbocycles. The molecule has 2 aromatic carbocycles. The molecule has 2 saturated heterocycles. The standard InChI is InChI=1S/C26H34N4O3/c27-25(31)19-33-22-12-10-20(11-13-22)16-28-26(32)18-30-15-5-9-24(30)23-8-4-14-29(23)17-21-6-2-1-3-7-21/h1-3,6-7,10-13,23-24H,4-5,8-9,14-19H2,(H2,27,31)(H,28,32)/t23-,24-/m0/s1. The Bertz CT molecular complexity index is 919. The highest BCUT2D eigenvalue weighted by Crippen LogP contribution is 2.30. The Morgan fingerprint density at radius 2 is 1.58 bits per heavy atom. The highest BCUT2D eigenvalue weighted by atomic mass is 16.5. The molecule has 0 unspecified atom stereocenters. The van der Waals surface area contributed by atoms with Crippen molar-refractivity contribution in [2.75, 3.05) is 26.2 Å². The minimum absolute atomic E-state index is 0.0589. The number of ether oxygens (including phenoxy) is 1. The van der Waals surface area contributed by atoms with E-state index < -0.39 is 5.91 Å². The van der Waals surface area contributed by atoms with Crippen molar-refractivity contribution in [1.82, 2.24) is 15.1 Å². The summed E-state index contributed by atoms with van der Waals surface area (Å²) in [6.07, 6.45) is 4.75. The third-order valence-corrected chi connectivity index (χ3v) is 6.64. The molecule has 0 bridgehead atoms. The second-order valence-corrected chi connectivity index (χ2v) is 9.02. The lowest BCUT2D eigenvalue weighted by atomic mass is 10.0. The smallest absolute Gasteiger partial charge is 0.255 e. The van der Waals surface area contributed by atoms with E-state index >= 15 is 0 Å². The SMILES string of the molecule is NC(=O)COc1ccc(CNC(=O)CN2CCC[C@H]2[C@@H]2CCCN2Cc2ccccc2)cc1. The zero-order valence-corrected chi connectivity index (χ0v) is 19.1. The number of likely N-dealkylation sites (tertiary alicyclic amines) is 2. The number of amides is 2. The lowest BCUT2D eigenvalue weighted by Crippen LogP contribution is -2.48. The predicted octanol–water partition coefficient (Wildman–Crippen LogP) is 2.30. The highest BCUT2D eigenvalue weighted by molar-refractivity contribution is 5.78. The van der Waals surface area contributed by atoms with Crippen LogP contribution in [0.15, 0.2) is 54.6 Å². The first kappa shape index (κ1) is 23.3. The third-order valence-electron chi connectivity index (χ3n) is 6.64. The van der Waals surface area contributed by atoms with Gasteiger partial charge in [-0.15, -0.1) is 0 Å². The van der Waals surface area contributed by atoms with Crippen LogP contribution in [-0.2, 0) is 22.7 Å². The summed E-state index contributed by atoms with van der Waals surface area (Å²) in [6, 6.07) is 19.0. The average Bonchev–Trinajstić information content (AvgIpc) is 3.46. The van der Waals surface area contributed by atoms with Gasteiger partial charge in [0.05, 0.1) is 6.54 Å². The zero-order chi connectivity index (χ0) is 23.0. The predicted molar refractivity (Wildman–Crippen MR) is 127 cm³/mol. The Hall–Kier alpha value is -2.90. The van der Waals surface area contributed by atoms with Crippen molar-refractivity contribution in [1.29, 1.82) is 0 Å². The molecule has 7 heteroatoms. The number of carbonyl (C=O) groups is 2. The van der Waals surface area contributed by atoms with Crippen molar-refractivity contribution >= 4 is 11.8 Å². The van der Waals surface area contributed by atoms with Crippen LogP contribution in [0.1, 0.15) is 36.8 Å². The Morgan fingerprint density at radius 3 is 2.27 bits per heavy atom. The quantitative estimate of drug-likeness (QED) is 0.580. The van der Waals surface area contributed by atoms with Crippen LogP contribution in [0, 0.1) is 0 Å². The van der Waals surface area contributed by atoms with Crippen LogP contribution in [0.4, 0.5) is 0 Å². The number of nitrogens with zero attached hydrogens (tertiary/aromatic N) is 2. The number of rotatable bonds is 10. The summed E-state index contributed by atoms with van der Waals surface area (Å²) in [5, 5.41) is 3.05. The van der Waals surface area contributed by atoms with Crippen LogP contribution in [0.2, 0.25) is 0 Å². The normalized spacial score (nSPS) is 21.2. The van der Waals surface area contributed by atoms with E-state index in [4.69, 9.17) is 10.5 Å². The van der Waals surface area contributed by atoms with E-state index in [1.165, 1.54) is 18.4 Å².